The van der Waals surface area contributed by atoms with E-state index in [1.54, 1.807) is 30.1 Å². The van der Waals surface area contributed by atoms with E-state index in [-0.39, 0.29) is 5.56 Å². The van der Waals surface area contributed by atoms with Crippen LogP contribution >= 0.6 is 0 Å². The first-order valence-corrected chi connectivity index (χ1v) is 12.3. The van der Waals surface area contributed by atoms with Gasteiger partial charge in [0.15, 0.2) is 0 Å². The molecule has 1 aromatic carbocycles. The second kappa shape index (κ2) is 10.1. The fourth-order valence-electron chi connectivity index (χ4n) is 4.43. The Morgan fingerprint density at radius 1 is 1.00 bits per heavy atom. The number of likely N-dealkylation sites (N-methyl/N-ethyl adjacent to an activating group) is 1. The molecule has 0 aliphatic carbocycles. The zero-order chi connectivity index (χ0) is 27.9. The highest BCUT2D eigenvalue weighted by atomic mass is 19.4. The molecule has 3 aromatic heterocycles. The van der Waals surface area contributed by atoms with Crippen molar-refractivity contribution >= 4 is 17.3 Å². The van der Waals surface area contributed by atoms with Crippen LogP contribution < -0.4 is 10.2 Å². The van der Waals surface area contributed by atoms with Crippen LogP contribution in [0.3, 0.4) is 0 Å². The van der Waals surface area contributed by atoms with Gasteiger partial charge in [0.2, 0.25) is 0 Å². The highest BCUT2D eigenvalue weighted by molar-refractivity contribution is 6.05. The summed E-state index contributed by atoms with van der Waals surface area (Å²) in [4.78, 5) is 21.5. The van der Waals surface area contributed by atoms with Crippen LogP contribution in [0.15, 0.2) is 42.9 Å². The predicted molar refractivity (Wildman–Crippen MR) is 140 cm³/mol. The Morgan fingerprint density at radius 2 is 1.74 bits per heavy atom. The third kappa shape index (κ3) is 5.48. The molecule has 0 atom stereocenters. The van der Waals surface area contributed by atoms with Crippen LogP contribution in [0, 0.1) is 13.8 Å². The molecule has 39 heavy (non-hydrogen) atoms. The molecule has 5 rings (SSSR count). The van der Waals surface area contributed by atoms with Gasteiger partial charge in [0, 0.05) is 55.7 Å². The number of piperazine rings is 1. The molecule has 0 saturated carbocycles. The minimum Gasteiger partial charge on any atom is -0.369 e. The Labute approximate surface area is 223 Å². The average molecular weight is 540 g/mol. The molecule has 0 spiro atoms. The number of aromatic nitrogens is 6. The number of benzene rings is 1. The maximum atomic E-state index is 13.7. The lowest BCUT2D eigenvalue weighted by Gasteiger charge is -2.34. The van der Waals surface area contributed by atoms with Crippen molar-refractivity contribution in [3.63, 3.8) is 0 Å². The van der Waals surface area contributed by atoms with Crippen molar-refractivity contribution < 1.29 is 18.0 Å². The molecule has 4 heterocycles. The first kappa shape index (κ1) is 26.4. The minimum atomic E-state index is -4.59. The van der Waals surface area contributed by atoms with Gasteiger partial charge in [-0.2, -0.15) is 18.3 Å². The maximum Gasteiger partial charge on any atom is 0.416 e. The molecular weight excluding hydrogens is 511 g/mol. The number of anilines is 2. The molecule has 13 heteroatoms. The molecule has 1 amide bonds. The smallest absolute Gasteiger partial charge is 0.369 e. The van der Waals surface area contributed by atoms with Crippen LogP contribution in [0.5, 0.6) is 0 Å². The third-order valence-corrected chi connectivity index (χ3v) is 6.95. The van der Waals surface area contributed by atoms with Gasteiger partial charge in [0.05, 0.1) is 41.2 Å². The van der Waals surface area contributed by atoms with Gasteiger partial charge < -0.3 is 15.1 Å². The van der Waals surface area contributed by atoms with E-state index in [1.165, 1.54) is 16.9 Å². The molecule has 1 aliphatic rings. The molecule has 0 unspecified atom stereocenters. The lowest BCUT2D eigenvalue weighted by atomic mass is 10.1. The van der Waals surface area contributed by atoms with Crippen molar-refractivity contribution in [1.29, 1.82) is 0 Å². The topological polar surface area (TPSA) is 97.0 Å². The first-order chi connectivity index (χ1) is 18.5. The van der Waals surface area contributed by atoms with Crippen LogP contribution in [-0.4, -0.2) is 73.8 Å². The minimum absolute atomic E-state index is 0.0871. The number of halogens is 3. The number of alkyl halides is 3. The summed E-state index contributed by atoms with van der Waals surface area (Å²) >= 11 is 0. The quantitative estimate of drug-likeness (QED) is 0.413. The van der Waals surface area contributed by atoms with Gasteiger partial charge in [-0.15, -0.1) is 5.10 Å². The summed E-state index contributed by atoms with van der Waals surface area (Å²) in [5, 5.41) is 15.4. The standard InChI is InChI=1S/C26H28F3N9O/c1-16-24(38-15-23(33-34-38)22-14-31-36(4)17(22)2)12-20(13-30-16)32-25(39)18-9-19(26(27,28)29)11-21(10-18)37-7-5-35(3)6-8-37/h9-15H,5-8H2,1-4H3,(H,32,39). The van der Waals surface area contributed by atoms with Crippen molar-refractivity contribution in [3.8, 4) is 16.9 Å². The molecule has 1 aliphatic heterocycles. The first-order valence-electron chi connectivity index (χ1n) is 12.3. The van der Waals surface area contributed by atoms with Crippen molar-refractivity contribution in [2.45, 2.75) is 20.0 Å². The number of hydrogen-bond donors (Lipinski definition) is 1. The second-order valence-electron chi connectivity index (χ2n) is 9.65. The van der Waals surface area contributed by atoms with Crippen molar-refractivity contribution in [2.24, 2.45) is 7.05 Å². The molecule has 4 aromatic rings. The molecule has 204 valence electrons. The number of rotatable bonds is 5. The summed E-state index contributed by atoms with van der Waals surface area (Å²) in [6, 6.07) is 5.12. The number of carbonyl (C=O) groups excluding carboxylic acids is 1. The zero-order valence-electron chi connectivity index (χ0n) is 22.0. The van der Waals surface area contributed by atoms with E-state index >= 15 is 0 Å². The third-order valence-electron chi connectivity index (χ3n) is 6.95. The van der Waals surface area contributed by atoms with E-state index < -0.39 is 17.6 Å². The largest absolute Gasteiger partial charge is 0.416 e. The Hall–Kier alpha value is -4.26. The average Bonchev–Trinajstić information content (AvgIpc) is 3.51. The van der Waals surface area contributed by atoms with Crippen molar-refractivity contribution in [2.75, 3.05) is 43.4 Å². The molecule has 0 bridgehead atoms. The van der Waals surface area contributed by atoms with E-state index in [2.05, 4.69) is 30.6 Å². The van der Waals surface area contributed by atoms with E-state index in [0.29, 0.717) is 41.5 Å². The predicted octanol–water partition coefficient (Wildman–Crippen LogP) is 3.70. The molecule has 1 N–H and O–H groups in total. The van der Waals surface area contributed by atoms with Crippen LogP contribution in [-0.2, 0) is 13.2 Å². The van der Waals surface area contributed by atoms with Gasteiger partial charge >= 0.3 is 6.18 Å². The van der Waals surface area contributed by atoms with E-state index in [9.17, 15) is 18.0 Å². The van der Waals surface area contributed by atoms with Gasteiger partial charge in [-0.3, -0.25) is 14.5 Å². The Balaban J connectivity index is 1.42. The summed E-state index contributed by atoms with van der Waals surface area (Å²) in [7, 11) is 3.80. The molecule has 0 radical (unpaired) electrons. The van der Waals surface area contributed by atoms with Crippen LogP contribution in [0.2, 0.25) is 0 Å². The highest BCUT2D eigenvalue weighted by Crippen LogP contribution is 2.34. The fourth-order valence-corrected chi connectivity index (χ4v) is 4.43. The maximum absolute atomic E-state index is 13.7. The van der Waals surface area contributed by atoms with Crippen LogP contribution in [0.4, 0.5) is 24.5 Å². The summed E-state index contributed by atoms with van der Waals surface area (Å²) in [6.07, 6.45) is 0.300. The second-order valence-corrected chi connectivity index (χ2v) is 9.65. The van der Waals surface area contributed by atoms with Gasteiger partial charge in [-0.05, 0) is 45.2 Å². The SMILES string of the molecule is Cc1ncc(NC(=O)c2cc(N3CCN(C)CC3)cc(C(F)(F)F)c2)cc1-n1cc(-c2cnn(C)c2C)nn1. The number of nitrogens with zero attached hydrogens (tertiary/aromatic N) is 8. The van der Waals surface area contributed by atoms with Gasteiger partial charge in [-0.25, -0.2) is 4.68 Å². The summed E-state index contributed by atoms with van der Waals surface area (Å²) < 4.78 is 44.4. The number of aryl methyl sites for hydroxylation is 2. The summed E-state index contributed by atoms with van der Waals surface area (Å²) in [5.41, 5.74) is 3.30. The Bertz CT molecular complexity index is 1520. The van der Waals surface area contributed by atoms with Gasteiger partial charge in [-0.1, -0.05) is 5.21 Å². The zero-order valence-corrected chi connectivity index (χ0v) is 22.0. The summed E-state index contributed by atoms with van der Waals surface area (Å²) in [6.45, 7) is 6.30. The van der Waals surface area contributed by atoms with Gasteiger partial charge in [0.25, 0.3) is 5.91 Å². The molecule has 10 nitrogen and oxygen atoms in total. The van der Waals surface area contributed by atoms with E-state index in [1.807, 2.05) is 25.9 Å². The fraction of sp³-hybridized carbons (Fsp3) is 0.346. The van der Waals surface area contributed by atoms with Gasteiger partial charge in [0.1, 0.15) is 5.69 Å². The Morgan fingerprint density at radius 3 is 2.41 bits per heavy atom. The number of hydrogen-bond acceptors (Lipinski definition) is 7. The lowest BCUT2D eigenvalue weighted by molar-refractivity contribution is -0.137. The van der Waals surface area contributed by atoms with E-state index in [0.717, 1.165) is 36.5 Å². The lowest BCUT2D eigenvalue weighted by Crippen LogP contribution is -2.44. The monoisotopic (exact) mass is 539 g/mol. The normalized spacial score (nSPS) is 14.6. The number of amides is 1. The van der Waals surface area contributed by atoms with Crippen molar-refractivity contribution in [1.82, 2.24) is 34.7 Å². The molecule has 1 saturated heterocycles. The Kier molecular flexibility index (Phi) is 6.85. The highest BCUT2D eigenvalue weighted by Gasteiger charge is 2.32. The number of pyridine rings is 1. The summed E-state index contributed by atoms with van der Waals surface area (Å²) in [5.74, 6) is -0.668. The number of carbonyl (C=O) groups is 1. The molecular formula is C26H28F3N9O. The number of nitrogens with one attached hydrogen (secondary N) is 1. The van der Waals surface area contributed by atoms with Crippen LogP contribution in [0.25, 0.3) is 16.9 Å². The molecule has 1 fully saturated rings. The van der Waals surface area contributed by atoms with Crippen LogP contribution in [0.1, 0.15) is 27.3 Å². The van der Waals surface area contributed by atoms with E-state index in [4.69, 9.17) is 0 Å². The van der Waals surface area contributed by atoms with Crippen molar-refractivity contribution in [3.05, 3.63) is 65.4 Å².